The summed E-state index contributed by atoms with van der Waals surface area (Å²) in [5.74, 6) is -0.791. The number of halogens is 2. The Hall–Kier alpha value is -2.16. The van der Waals surface area contributed by atoms with Gasteiger partial charge in [0.1, 0.15) is 5.82 Å². The van der Waals surface area contributed by atoms with Crippen molar-refractivity contribution in [3.8, 4) is 0 Å². The zero-order valence-corrected chi connectivity index (χ0v) is 17.0. The zero-order chi connectivity index (χ0) is 20.3. The van der Waals surface area contributed by atoms with Crippen molar-refractivity contribution in [3.05, 3.63) is 59.4 Å². The third-order valence-electron chi connectivity index (χ3n) is 4.71. The minimum Gasteiger partial charge on any atom is -0.367 e. The van der Waals surface area contributed by atoms with E-state index in [0.717, 1.165) is 22.1 Å². The zero-order valence-electron chi connectivity index (χ0n) is 15.4. The summed E-state index contributed by atoms with van der Waals surface area (Å²) in [6.45, 7) is 1.92. The molecule has 0 aromatic heterocycles. The third kappa shape index (κ3) is 4.45. The number of nitrogens with zero attached hydrogens (tertiary/aromatic N) is 3. The first-order chi connectivity index (χ1) is 13.3. The monoisotopic (exact) mass is 425 g/mol. The maximum Gasteiger partial charge on any atom is 0.243 e. The fourth-order valence-corrected chi connectivity index (χ4v) is 4.44. The first-order valence-corrected chi connectivity index (χ1v) is 10.6. The molecule has 1 amide bonds. The van der Waals surface area contributed by atoms with Gasteiger partial charge in [-0.05, 0) is 36.4 Å². The van der Waals surface area contributed by atoms with Crippen LogP contribution in [0.2, 0.25) is 5.02 Å². The summed E-state index contributed by atoms with van der Waals surface area (Å²) < 4.78 is 39.1. The molecular weight excluding hydrogens is 405 g/mol. The van der Waals surface area contributed by atoms with Crippen molar-refractivity contribution in [2.75, 3.05) is 44.7 Å². The topological polar surface area (TPSA) is 60.9 Å². The molecule has 6 nitrogen and oxygen atoms in total. The van der Waals surface area contributed by atoms with Crippen LogP contribution < -0.4 is 4.90 Å². The number of para-hydroxylation sites is 1. The van der Waals surface area contributed by atoms with Crippen LogP contribution in [0.15, 0.2) is 53.4 Å². The second kappa shape index (κ2) is 8.46. The number of sulfonamides is 1. The highest BCUT2D eigenvalue weighted by atomic mass is 35.5. The number of piperazine rings is 1. The van der Waals surface area contributed by atoms with Gasteiger partial charge in [-0.15, -0.1) is 0 Å². The highest BCUT2D eigenvalue weighted by molar-refractivity contribution is 7.89. The average molecular weight is 426 g/mol. The molecular formula is C19H21ClFN3O3S. The molecule has 9 heteroatoms. The van der Waals surface area contributed by atoms with Crippen LogP contribution in [0, 0.1) is 5.82 Å². The van der Waals surface area contributed by atoms with Crippen LogP contribution in [0.3, 0.4) is 0 Å². The van der Waals surface area contributed by atoms with E-state index < -0.39 is 15.8 Å². The number of benzene rings is 2. The van der Waals surface area contributed by atoms with E-state index in [9.17, 15) is 17.6 Å². The summed E-state index contributed by atoms with van der Waals surface area (Å²) in [5, 5.41) is 0.660. The van der Waals surface area contributed by atoms with Crippen molar-refractivity contribution >= 4 is 33.2 Å². The molecule has 0 N–H and O–H groups in total. The van der Waals surface area contributed by atoms with E-state index in [-0.39, 0.29) is 17.3 Å². The quantitative estimate of drug-likeness (QED) is 0.738. The molecule has 1 saturated heterocycles. The van der Waals surface area contributed by atoms with E-state index in [4.69, 9.17) is 11.6 Å². The van der Waals surface area contributed by atoms with Crippen LogP contribution in [0.1, 0.15) is 0 Å². The van der Waals surface area contributed by atoms with Crippen LogP contribution in [0.4, 0.5) is 10.1 Å². The molecule has 150 valence electrons. The van der Waals surface area contributed by atoms with Gasteiger partial charge in [0, 0.05) is 33.2 Å². The molecule has 0 spiro atoms. The Morgan fingerprint density at radius 2 is 1.68 bits per heavy atom. The minimum absolute atomic E-state index is 0.0484. The fraction of sp³-hybridized carbons (Fsp3) is 0.316. The highest BCUT2D eigenvalue weighted by Gasteiger charge is 2.27. The summed E-state index contributed by atoms with van der Waals surface area (Å²) in [7, 11) is -2.51. The van der Waals surface area contributed by atoms with Crippen molar-refractivity contribution in [2.24, 2.45) is 0 Å². The second-order valence-corrected chi connectivity index (χ2v) is 8.99. The van der Waals surface area contributed by atoms with E-state index >= 15 is 0 Å². The molecule has 0 aliphatic carbocycles. The lowest BCUT2D eigenvalue weighted by Gasteiger charge is -2.37. The van der Waals surface area contributed by atoms with Gasteiger partial charge in [0.15, 0.2) is 0 Å². The predicted molar refractivity (Wildman–Crippen MR) is 106 cm³/mol. The number of amides is 1. The Morgan fingerprint density at radius 1 is 1.07 bits per heavy atom. The molecule has 0 bridgehead atoms. The van der Waals surface area contributed by atoms with E-state index in [1.165, 1.54) is 19.2 Å². The van der Waals surface area contributed by atoms with Gasteiger partial charge >= 0.3 is 0 Å². The number of hydrogen-bond acceptors (Lipinski definition) is 4. The molecule has 1 aliphatic rings. The summed E-state index contributed by atoms with van der Waals surface area (Å²) in [6, 6.07) is 12.1. The lowest BCUT2D eigenvalue weighted by Crippen LogP contribution is -2.51. The van der Waals surface area contributed by atoms with Gasteiger partial charge in [-0.3, -0.25) is 4.79 Å². The molecule has 1 aliphatic heterocycles. The molecule has 28 heavy (non-hydrogen) atoms. The molecule has 0 saturated carbocycles. The number of carbonyl (C=O) groups is 1. The molecule has 0 atom stereocenters. The Balaban J connectivity index is 1.59. The van der Waals surface area contributed by atoms with Gasteiger partial charge in [0.05, 0.1) is 22.2 Å². The van der Waals surface area contributed by atoms with Crippen molar-refractivity contribution in [1.29, 1.82) is 0 Å². The lowest BCUT2D eigenvalue weighted by molar-refractivity contribution is -0.131. The molecule has 2 aromatic carbocycles. The minimum atomic E-state index is -3.86. The van der Waals surface area contributed by atoms with E-state index in [1.807, 2.05) is 24.3 Å². The number of carbonyl (C=O) groups excluding carboxylic acids is 1. The van der Waals surface area contributed by atoms with Crippen LogP contribution in [0.25, 0.3) is 0 Å². The second-order valence-electron chi connectivity index (χ2n) is 6.53. The van der Waals surface area contributed by atoms with Gasteiger partial charge in [-0.1, -0.05) is 23.7 Å². The van der Waals surface area contributed by atoms with E-state index in [1.54, 1.807) is 4.90 Å². The smallest absolute Gasteiger partial charge is 0.243 e. The molecule has 1 fully saturated rings. The Morgan fingerprint density at radius 3 is 2.29 bits per heavy atom. The van der Waals surface area contributed by atoms with Crippen LogP contribution in [-0.4, -0.2) is 63.3 Å². The summed E-state index contributed by atoms with van der Waals surface area (Å²) in [6.07, 6.45) is 0. The van der Waals surface area contributed by atoms with Crippen LogP contribution in [-0.2, 0) is 14.8 Å². The van der Waals surface area contributed by atoms with Gasteiger partial charge in [0.2, 0.25) is 15.9 Å². The molecule has 0 radical (unpaired) electrons. The standard InChI is InChI=1S/C19H21ClFN3O3S/c1-22(28(26,27)16-8-6-15(21)7-9-16)14-19(25)24-12-10-23(11-13-24)18-5-3-2-4-17(18)20/h2-9H,10-14H2,1H3. The summed E-state index contributed by atoms with van der Waals surface area (Å²) >= 11 is 6.22. The number of likely N-dealkylation sites (N-methyl/N-ethyl adjacent to an activating group) is 1. The summed E-state index contributed by atoms with van der Waals surface area (Å²) in [5.41, 5.74) is 0.923. The van der Waals surface area contributed by atoms with Crippen LogP contribution in [0.5, 0.6) is 0 Å². The number of rotatable bonds is 5. The first-order valence-electron chi connectivity index (χ1n) is 8.78. The predicted octanol–water partition coefficient (Wildman–Crippen LogP) is 2.45. The molecule has 2 aromatic rings. The van der Waals surface area contributed by atoms with Gasteiger partial charge < -0.3 is 9.80 Å². The fourth-order valence-electron chi connectivity index (χ4n) is 3.07. The number of hydrogen-bond donors (Lipinski definition) is 0. The Labute approximate surface area is 169 Å². The van der Waals surface area contributed by atoms with Crippen LogP contribution >= 0.6 is 11.6 Å². The first kappa shape index (κ1) is 20.6. The summed E-state index contributed by atoms with van der Waals surface area (Å²) in [4.78, 5) is 16.3. The van der Waals surface area contributed by atoms with E-state index in [2.05, 4.69) is 4.90 Å². The lowest BCUT2D eigenvalue weighted by atomic mass is 10.2. The van der Waals surface area contributed by atoms with Gasteiger partial charge in [-0.25, -0.2) is 12.8 Å². The number of anilines is 1. The van der Waals surface area contributed by atoms with Crippen molar-refractivity contribution < 1.29 is 17.6 Å². The molecule has 3 rings (SSSR count). The third-order valence-corrected chi connectivity index (χ3v) is 6.84. The molecule has 1 heterocycles. The Kier molecular flexibility index (Phi) is 6.22. The Bertz CT molecular complexity index is 945. The van der Waals surface area contributed by atoms with Crippen molar-refractivity contribution in [3.63, 3.8) is 0 Å². The van der Waals surface area contributed by atoms with Crippen molar-refractivity contribution in [2.45, 2.75) is 4.90 Å². The normalized spacial score (nSPS) is 15.1. The van der Waals surface area contributed by atoms with Crippen molar-refractivity contribution in [1.82, 2.24) is 9.21 Å². The molecule has 0 unspecified atom stereocenters. The average Bonchev–Trinajstić information content (AvgIpc) is 2.69. The van der Waals surface area contributed by atoms with E-state index in [0.29, 0.717) is 31.2 Å². The maximum absolute atomic E-state index is 13.0. The van der Waals surface area contributed by atoms with Gasteiger partial charge in [-0.2, -0.15) is 4.31 Å². The van der Waals surface area contributed by atoms with Gasteiger partial charge in [0.25, 0.3) is 0 Å². The SMILES string of the molecule is CN(CC(=O)N1CCN(c2ccccc2Cl)CC1)S(=O)(=O)c1ccc(F)cc1. The maximum atomic E-state index is 13.0. The largest absolute Gasteiger partial charge is 0.367 e. The highest BCUT2D eigenvalue weighted by Crippen LogP contribution is 2.26.